The van der Waals surface area contributed by atoms with Gasteiger partial charge in [-0.2, -0.15) is 8.78 Å². The zero-order valence-electron chi connectivity index (χ0n) is 18.2. The van der Waals surface area contributed by atoms with Crippen molar-refractivity contribution in [2.45, 2.75) is 32.2 Å². The van der Waals surface area contributed by atoms with Crippen molar-refractivity contribution < 1.29 is 62.9 Å². The van der Waals surface area contributed by atoms with Crippen LogP contribution < -0.4 is 9.47 Å². The van der Waals surface area contributed by atoms with Gasteiger partial charge in [-0.1, -0.05) is 13.3 Å². The minimum atomic E-state index is -5.56. The van der Waals surface area contributed by atoms with E-state index in [0.717, 1.165) is 0 Å². The molecule has 37 heavy (non-hydrogen) atoms. The Labute approximate surface area is 200 Å². The van der Waals surface area contributed by atoms with E-state index in [4.69, 9.17) is 0 Å². The van der Waals surface area contributed by atoms with Crippen LogP contribution in [0.2, 0.25) is 0 Å². The summed E-state index contributed by atoms with van der Waals surface area (Å²) in [5.74, 6) is -17.4. The highest BCUT2D eigenvalue weighted by Crippen LogP contribution is 2.44. The quantitative estimate of drug-likeness (QED) is 0.280. The van der Waals surface area contributed by atoms with Crippen molar-refractivity contribution in [1.82, 2.24) is 0 Å². The van der Waals surface area contributed by atoms with Gasteiger partial charge in [0.2, 0.25) is 5.75 Å². The smallest absolute Gasteiger partial charge is 0.429 e. The number of ether oxygens (including phenoxy) is 2. The van der Waals surface area contributed by atoms with Crippen molar-refractivity contribution >= 4 is 0 Å². The summed E-state index contributed by atoms with van der Waals surface area (Å²) in [6.45, 7) is 1.67. The van der Waals surface area contributed by atoms with Crippen LogP contribution in [0.3, 0.4) is 0 Å². The molecule has 3 nitrogen and oxygen atoms in total. The molecule has 0 aliphatic rings. The highest BCUT2D eigenvalue weighted by Gasteiger charge is 2.44. The fraction of sp³-hybridized carbons (Fsp3) is 0.217. The van der Waals surface area contributed by atoms with Crippen molar-refractivity contribution in [2.75, 3.05) is 0 Å². The lowest BCUT2D eigenvalue weighted by atomic mass is 9.96. The maximum Gasteiger partial charge on any atom is 0.573 e. The van der Waals surface area contributed by atoms with E-state index >= 15 is 4.39 Å². The first-order valence-corrected chi connectivity index (χ1v) is 10.0. The standard InChI is InChI=1S/C23H12F11O3/c1-2-3-9-4-11(24)17(12(25)5-9)18-16(35)8-13(26)19(20(18)29)22(30,31)36-10-6-14(27)21(15(28)7-10)37-23(32,33)34/h4-8H,2-3H2,1H3. The molecular weight excluding hydrogens is 533 g/mol. The van der Waals surface area contributed by atoms with Gasteiger partial charge in [0.1, 0.15) is 28.8 Å². The second kappa shape index (κ2) is 9.98. The number of hydrogen-bond donors (Lipinski definition) is 0. The van der Waals surface area contributed by atoms with E-state index in [2.05, 4.69) is 9.47 Å². The van der Waals surface area contributed by atoms with Gasteiger partial charge >= 0.3 is 12.5 Å². The molecule has 0 saturated heterocycles. The predicted molar refractivity (Wildman–Crippen MR) is 103 cm³/mol. The van der Waals surface area contributed by atoms with Crippen LogP contribution in [-0.2, 0) is 17.6 Å². The number of benzene rings is 3. The molecule has 0 aliphatic carbocycles. The first kappa shape index (κ1) is 27.9. The van der Waals surface area contributed by atoms with E-state index in [-0.39, 0.29) is 30.2 Å². The van der Waals surface area contributed by atoms with Crippen molar-refractivity contribution in [3.8, 4) is 28.4 Å². The normalized spacial score (nSPS) is 12.1. The Bertz CT molecular complexity index is 1290. The average Bonchev–Trinajstić information content (AvgIpc) is 2.71. The van der Waals surface area contributed by atoms with E-state index < -0.39 is 81.3 Å². The molecule has 0 atom stereocenters. The molecule has 0 spiro atoms. The fourth-order valence-electron chi connectivity index (χ4n) is 3.40. The van der Waals surface area contributed by atoms with Crippen molar-refractivity contribution in [1.29, 1.82) is 0 Å². The average molecular weight is 545 g/mol. The maximum atomic E-state index is 15.1. The molecule has 0 unspecified atom stereocenters. The van der Waals surface area contributed by atoms with Crippen molar-refractivity contribution in [3.05, 3.63) is 76.4 Å². The zero-order valence-corrected chi connectivity index (χ0v) is 18.2. The fourth-order valence-corrected chi connectivity index (χ4v) is 3.40. The van der Waals surface area contributed by atoms with Crippen LogP contribution in [0.15, 0.2) is 30.3 Å². The third kappa shape index (κ3) is 5.83. The number of hydrogen-bond acceptors (Lipinski definition) is 2. The highest BCUT2D eigenvalue weighted by molar-refractivity contribution is 5.73. The molecule has 0 bridgehead atoms. The summed E-state index contributed by atoms with van der Waals surface area (Å²) < 4.78 is 159. The van der Waals surface area contributed by atoms with Gasteiger partial charge in [-0.05, 0) is 24.1 Å². The zero-order chi connectivity index (χ0) is 27.9. The molecule has 0 N–H and O–H groups in total. The van der Waals surface area contributed by atoms with E-state index in [1.54, 1.807) is 6.92 Å². The van der Waals surface area contributed by atoms with Crippen LogP contribution in [0, 0.1) is 34.9 Å². The van der Waals surface area contributed by atoms with Crippen LogP contribution in [-0.4, -0.2) is 6.36 Å². The van der Waals surface area contributed by atoms with Crippen LogP contribution in [0.5, 0.6) is 17.2 Å². The Kier molecular flexibility index (Phi) is 7.52. The molecule has 199 valence electrons. The Balaban J connectivity index is 2.10. The number of rotatable bonds is 7. The molecule has 0 fully saturated rings. The third-order valence-corrected chi connectivity index (χ3v) is 4.80. The van der Waals surface area contributed by atoms with Gasteiger partial charge in [-0.3, -0.25) is 5.11 Å². The van der Waals surface area contributed by atoms with Gasteiger partial charge in [-0.15, -0.1) is 13.2 Å². The van der Waals surface area contributed by atoms with Gasteiger partial charge in [0.15, 0.2) is 23.2 Å². The summed E-state index contributed by atoms with van der Waals surface area (Å²) >= 11 is 0. The molecule has 1 radical (unpaired) electrons. The first-order valence-electron chi connectivity index (χ1n) is 10.0. The second-order valence-corrected chi connectivity index (χ2v) is 7.49. The highest BCUT2D eigenvalue weighted by atomic mass is 19.4. The minimum Gasteiger partial charge on any atom is -0.429 e. The summed E-state index contributed by atoms with van der Waals surface area (Å²) in [5.41, 5.74) is -5.28. The molecule has 0 aliphatic heterocycles. The Morgan fingerprint density at radius 2 is 1.24 bits per heavy atom. The summed E-state index contributed by atoms with van der Waals surface area (Å²) in [6.07, 6.45) is -10.2. The topological polar surface area (TPSA) is 38.4 Å². The monoisotopic (exact) mass is 545 g/mol. The Hall–Kier alpha value is -3.71. The Morgan fingerprint density at radius 3 is 1.73 bits per heavy atom. The summed E-state index contributed by atoms with van der Waals surface area (Å²) in [4.78, 5) is 0. The number of halogens is 11. The van der Waals surface area contributed by atoms with Crippen LogP contribution >= 0.6 is 0 Å². The molecule has 3 aromatic rings. The number of aryl methyl sites for hydroxylation is 1. The molecule has 0 amide bonds. The Morgan fingerprint density at radius 1 is 0.703 bits per heavy atom. The van der Waals surface area contributed by atoms with Gasteiger partial charge < -0.3 is 9.47 Å². The molecule has 14 heteroatoms. The third-order valence-electron chi connectivity index (χ3n) is 4.80. The molecule has 0 saturated carbocycles. The second-order valence-electron chi connectivity index (χ2n) is 7.49. The van der Waals surface area contributed by atoms with Gasteiger partial charge in [-0.25, -0.2) is 26.3 Å². The lowest BCUT2D eigenvalue weighted by Gasteiger charge is -2.21. The summed E-state index contributed by atoms with van der Waals surface area (Å²) in [7, 11) is 0. The summed E-state index contributed by atoms with van der Waals surface area (Å²) in [5, 5.41) is 12.2. The van der Waals surface area contributed by atoms with Crippen LogP contribution in [0.1, 0.15) is 24.5 Å². The molecule has 0 heterocycles. The molecule has 3 aromatic carbocycles. The molecule has 0 aromatic heterocycles. The minimum absolute atomic E-state index is 0.0899. The first-order chi connectivity index (χ1) is 17.1. The lowest BCUT2D eigenvalue weighted by Crippen LogP contribution is -2.26. The predicted octanol–water partition coefficient (Wildman–Crippen LogP) is 8.31. The maximum absolute atomic E-state index is 15.1. The van der Waals surface area contributed by atoms with E-state index in [1.807, 2.05) is 0 Å². The van der Waals surface area contributed by atoms with Gasteiger partial charge in [0.05, 0.1) is 11.1 Å². The van der Waals surface area contributed by atoms with Crippen LogP contribution in [0.4, 0.5) is 48.3 Å². The van der Waals surface area contributed by atoms with Gasteiger partial charge in [0.25, 0.3) is 0 Å². The van der Waals surface area contributed by atoms with E-state index in [1.165, 1.54) is 0 Å². The summed E-state index contributed by atoms with van der Waals surface area (Å²) in [6, 6.07) is 0.805. The van der Waals surface area contributed by atoms with Gasteiger partial charge in [0, 0.05) is 18.2 Å². The van der Waals surface area contributed by atoms with Crippen molar-refractivity contribution in [2.24, 2.45) is 0 Å². The van der Waals surface area contributed by atoms with Crippen molar-refractivity contribution in [3.63, 3.8) is 0 Å². The molecular formula is C23H12F11O3. The number of alkyl halides is 5. The lowest BCUT2D eigenvalue weighted by molar-refractivity contribution is -0.276. The SMILES string of the molecule is CCCc1cc(F)c(-c2c([O])cc(F)c(C(F)(F)Oc3cc(F)c(OC(F)(F)F)c(F)c3)c2F)c(F)c1. The van der Waals surface area contributed by atoms with E-state index in [0.29, 0.717) is 18.6 Å². The largest absolute Gasteiger partial charge is 0.573 e. The van der Waals surface area contributed by atoms with Crippen LogP contribution in [0.25, 0.3) is 11.1 Å². The van der Waals surface area contributed by atoms with E-state index in [9.17, 15) is 49.0 Å². The molecule has 3 rings (SSSR count).